The SMILES string of the molecule is COC(=O)[C@]1(N)C[C@@H]2CNC[C@H]1C2. The van der Waals surface area contributed by atoms with Gasteiger partial charge in [0.05, 0.1) is 7.11 Å². The minimum Gasteiger partial charge on any atom is -0.468 e. The molecule has 0 radical (unpaired) electrons. The zero-order valence-corrected chi connectivity index (χ0v) is 7.88. The maximum Gasteiger partial charge on any atom is 0.326 e. The van der Waals surface area contributed by atoms with E-state index in [1.807, 2.05) is 0 Å². The number of esters is 1. The van der Waals surface area contributed by atoms with Crippen LogP contribution < -0.4 is 11.1 Å². The fourth-order valence-corrected chi connectivity index (χ4v) is 2.66. The number of nitrogens with one attached hydrogen (secondary N) is 1. The molecule has 1 saturated heterocycles. The predicted octanol–water partition coefficient (Wildman–Crippen LogP) is -0.514. The highest BCUT2D eigenvalue weighted by molar-refractivity contribution is 5.81. The molecule has 2 bridgehead atoms. The molecule has 4 nitrogen and oxygen atoms in total. The van der Waals surface area contributed by atoms with Crippen LogP contribution in [0.2, 0.25) is 0 Å². The van der Waals surface area contributed by atoms with Crippen molar-refractivity contribution in [2.75, 3.05) is 20.2 Å². The fraction of sp³-hybridized carbons (Fsp3) is 0.889. The van der Waals surface area contributed by atoms with Gasteiger partial charge in [0, 0.05) is 12.5 Å². The smallest absolute Gasteiger partial charge is 0.326 e. The van der Waals surface area contributed by atoms with Crippen molar-refractivity contribution in [1.29, 1.82) is 0 Å². The number of methoxy groups -OCH3 is 1. The summed E-state index contributed by atoms with van der Waals surface area (Å²) in [5.41, 5.74) is 5.36. The first-order valence-electron chi connectivity index (χ1n) is 4.75. The Labute approximate surface area is 77.8 Å². The van der Waals surface area contributed by atoms with Crippen molar-refractivity contribution in [3.05, 3.63) is 0 Å². The third kappa shape index (κ3) is 1.25. The Bertz CT molecular complexity index is 232. The highest BCUT2D eigenvalue weighted by Gasteiger charge is 2.52. The van der Waals surface area contributed by atoms with E-state index in [9.17, 15) is 4.79 Å². The Morgan fingerprint density at radius 3 is 3.00 bits per heavy atom. The maximum atomic E-state index is 11.5. The zero-order chi connectivity index (χ0) is 9.47. The minimum absolute atomic E-state index is 0.247. The summed E-state index contributed by atoms with van der Waals surface area (Å²) in [7, 11) is 1.41. The Hall–Kier alpha value is -0.610. The molecule has 2 aliphatic rings. The van der Waals surface area contributed by atoms with Crippen molar-refractivity contribution < 1.29 is 9.53 Å². The van der Waals surface area contributed by atoms with E-state index >= 15 is 0 Å². The van der Waals surface area contributed by atoms with E-state index in [1.165, 1.54) is 7.11 Å². The zero-order valence-electron chi connectivity index (χ0n) is 7.88. The van der Waals surface area contributed by atoms with Crippen molar-refractivity contribution in [3.8, 4) is 0 Å². The lowest BCUT2D eigenvalue weighted by atomic mass is 9.88. The number of rotatable bonds is 1. The average Bonchev–Trinajstić information content (AvgIpc) is 2.38. The van der Waals surface area contributed by atoms with Gasteiger partial charge in [-0.05, 0) is 25.3 Å². The number of carbonyl (C=O) groups excluding carboxylic acids is 1. The molecule has 3 N–H and O–H groups in total. The molecule has 0 aromatic heterocycles. The Morgan fingerprint density at radius 2 is 2.38 bits per heavy atom. The monoisotopic (exact) mass is 184 g/mol. The second kappa shape index (κ2) is 2.96. The standard InChI is InChI=1S/C9H16N2O2/c1-13-8(12)9(10)3-6-2-7(9)5-11-4-6/h6-7,11H,2-5,10H2,1H3/t6-,7-,9+/m1/s1. The van der Waals surface area contributed by atoms with E-state index in [4.69, 9.17) is 10.5 Å². The molecule has 0 unspecified atom stereocenters. The molecule has 0 amide bonds. The van der Waals surface area contributed by atoms with E-state index in [2.05, 4.69) is 5.32 Å². The first-order chi connectivity index (χ1) is 6.16. The van der Waals surface area contributed by atoms with Gasteiger partial charge in [-0.15, -0.1) is 0 Å². The van der Waals surface area contributed by atoms with Crippen LogP contribution in [0.15, 0.2) is 0 Å². The second-order valence-corrected chi connectivity index (χ2v) is 4.19. The second-order valence-electron chi connectivity index (χ2n) is 4.19. The van der Waals surface area contributed by atoms with Gasteiger partial charge >= 0.3 is 5.97 Å². The summed E-state index contributed by atoms with van der Waals surface area (Å²) in [6, 6.07) is 0. The molecule has 2 rings (SSSR count). The lowest BCUT2D eigenvalue weighted by Gasteiger charge is -2.28. The summed E-state index contributed by atoms with van der Waals surface area (Å²) >= 11 is 0. The molecule has 1 aliphatic heterocycles. The molecule has 1 aliphatic carbocycles. The molecule has 1 heterocycles. The van der Waals surface area contributed by atoms with E-state index in [0.29, 0.717) is 5.92 Å². The van der Waals surface area contributed by atoms with Gasteiger partial charge in [0.25, 0.3) is 0 Å². The number of carbonyl (C=O) groups is 1. The van der Waals surface area contributed by atoms with Crippen LogP contribution in [-0.2, 0) is 9.53 Å². The minimum atomic E-state index is -0.719. The van der Waals surface area contributed by atoms with Gasteiger partial charge in [0.1, 0.15) is 5.54 Å². The quantitative estimate of drug-likeness (QED) is 0.539. The van der Waals surface area contributed by atoms with Gasteiger partial charge in [-0.1, -0.05) is 0 Å². The van der Waals surface area contributed by atoms with E-state index in [-0.39, 0.29) is 11.9 Å². The molecule has 74 valence electrons. The van der Waals surface area contributed by atoms with E-state index in [0.717, 1.165) is 25.9 Å². The summed E-state index contributed by atoms with van der Waals surface area (Å²) < 4.78 is 4.75. The molecule has 3 atom stereocenters. The lowest BCUT2D eigenvalue weighted by Crippen LogP contribution is -2.53. The highest BCUT2D eigenvalue weighted by atomic mass is 16.5. The molecule has 0 spiro atoms. The lowest BCUT2D eigenvalue weighted by molar-refractivity contribution is -0.148. The highest BCUT2D eigenvalue weighted by Crippen LogP contribution is 2.40. The van der Waals surface area contributed by atoms with Gasteiger partial charge in [0.15, 0.2) is 0 Å². The average molecular weight is 184 g/mol. The summed E-state index contributed by atoms with van der Waals surface area (Å²) in [4.78, 5) is 11.5. The van der Waals surface area contributed by atoms with Crippen LogP contribution in [0.1, 0.15) is 12.8 Å². The van der Waals surface area contributed by atoms with Crippen LogP contribution in [0.3, 0.4) is 0 Å². The van der Waals surface area contributed by atoms with Crippen LogP contribution in [-0.4, -0.2) is 31.7 Å². The largest absolute Gasteiger partial charge is 0.468 e. The Morgan fingerprint density at radius 1 is 1.62 bits per heavy atom. The van der Waals surface area contributed by atoms with Crippen LogP contribution in [0.25, 0.3) is 0 Å². The van der Waals surface area contributed by atoms with Crippen molar-refractivity contribution in [3.63, 3.8) is 0 Å². The van der Waals surface area contributed by atoms with Gasteiger partial charge in [-0.25, -0.2) is 0 Å². The molecule has 1 saturated carbocycles. The number of hydrogen-bond donors (Lipinski definition) is 2. The molecular formula is C9H16N2O2. The summed E-state index contributed by atoms with van der Waals surface area (Å²) in [6.45, 7) is 1.84. The van der Waals surface area contributed by atoms with E-state index < -0.39 is 5.54 Å². The molecule has 0 aromatic rings. The van der Waals surface area contributed by atoms with Gasteiger partial charge in [0.2, 0.25) is 0 Å². The van der Waals surface area contributed by atoms with Crippen molar-refractivity contribution >= 4 is 5.97 Å². The first-order valence-corrected chi connectivity index (χ1v) is 4.75. The Balaban J connectivity index is 2.19. The normalized spacial score (nSPS) is 43.2. The predicted molar refractivity (Wildman–Crippen MR) is 48.0 cm³/mol. The molecular weight excluding hydrogens is 168 g/mol. The van der Waals surface area contributed by atoms with Gasteiger partial charge in [-0.3, -0.25) is 4.79 Å². The molecule has 4 heteroatoms. The fourth-order valence-electron chi connectivity index (χ4n) is 2.66. The number of nitrogens with two attached hydrogens (primary N) is 1. The topological polar surface area (TPSA) is 64.3 Å². The van der Waals surface area contributed by atoms with Crippen LogP contribution >= 0.6 is 0 Å². The van der Waals surface area contributed by atoms with Crippen molar-refractivity contribution in [2.24, 2.45) is 17.6 Å². The third-order valence-corrected chi connectivity index (χ3v) is 3.36. The summed E-state index contributed by atoms with van der Waals surface area (Å²) in [5, 5.41) is 3.29. The first kappa shape index (κ1) is 8.97. The molecule has 0 aromatic carbocycles. The van der Waals surface area contributed by atoms with Gasteiger partial charge in [-0.2, -0.15) is 0 Å². The number of piperidine rings is 1. The number of hydrogen-bond acceptors (Lipinski definition) is 4. The molecule has 13 heavy (non-hydrogen) atoms. The number of fused-ring (bicyclic) bond motifs is 2. The summed E-state index contributed by atoms with van der Waals surface area (Å²) in [6.07, 6.45) is 1.84. The van der Waals surface area contributed by atoms with Crippen molar-refractivity contribution in [2.45, 2.75) is 18.4 Å². The number of ether oxygens (including phenoxy) is 1. The van der Waals surface area contributed by atoms with E-state index in [1.54, 1.807) is 0 Å². The van der Waals surface area contributed by atoms with Gasteiger partial charge < -0.3 is 15.8 Å². The Kier molecular flexibility index (Phi) is 2.04. The van der Waals surface area contributed by atoms with Crippen molar-refractivity contribution in [1.82, 2.24) is 5.32 Å². The van der Waals surface area contributed by atoms with Crippen LogP contribution in [0, 0.1) is 11.8 Å². The van der Waals surface area contributed by atoms with Crippen LogP contribution in [0.4, 0.5) is 0 Å². The van der Waals surface area contributed by atoms with Crippen LogP contribution in [0.5, 0.6) is 0 Å². The molecule has 2 fully saturated rings. The third-order valence-electron chi connectivity index (χ3n) is 3.36. The maximum absolute atomic E-state index is 11.5. The summed E-state index contributed by atoms with van der Waals surface area (Å²) in [5.74, 6) is 0.574.